The van der Waals surface area contributed by atoms with E-state index in [2.05, 4.69) is 16.5 Å². The molecule has 1 amide bonds. The second-order valence-corrected chi connectivity index (χ2v) is 7.82. The molecule has 2 heterocycles. The molecule has 0 bridgehead atoms. The highest BCUT2D eigenvalue weighted by atomic mass is 19.4. The number of hydrogen-bond acceptors (Lipinski definition) is 7. The van der Waals surface area contributed by atoms with Crippen molar-refractivity contribution in [1.82, 2.24) is 15.2 Å². The molecule has 1 N–H and O–H groups in total. The number of oxazole rings is 1. The van der Waals surface area contributed by atoms with Crippen LogP contribution in [0.2, 0.25) is 0 Å². The van der Waals surface area contributed by atoms with Crippen molar-refractivity contribution in [2.75, 3.05) is 20.3 Å². The number of rotatable bonds is 7. The maximum absolute atomic E-state index is 13.2. The SMILES string of the molecule is COCC1C[C@@H](NC(=O)c2ncc(-c3cc(C(F)(F)F)ccc3OC3CC3)o2)CN1C#N. The Morgan fingerprint density at radius 3 is 2.84 bits per heavy atom. The molecule has 1 unspecified atom stereocenters. The van der Waals surface area contributed by atoms with E-state index in [4.69, 9.17) is 13.9 Å². The van der Waals surface area contributed by atoms with Crippen molar-refractivity contribution in [2.24, 2.45) is 0 Å². The van der Waals surface area contributed by atoms with Crippen molar-refractivity contribution < 1.29 is 31.9 Å². The molecule has 1 saturated carbocycles. The molecule has 170 valence electrons. The van der Waals surface area contributed by atoms with Gasteiger partial charge in [-0.25, -0.2) is 4.98 Å². The zero-order valence-electron chi connectivity index (χ0n) is 17.2. The van der Waals surface area contributed by atoms with E-state index < -0.39 is 17.6 Å². The van der Waals surface area contributed by atoms with Gasteiger partial charge < -0.3 is 24.1 Å². The number of alkyl halides is 3. The average molecular weight is 450 g/mol. The minimum Gasteiger partial charge on any atom is -0.490 e. The standard InChI is InChI=1S/C21H21F3N4O4/c1-30-10-14-7-13(9-28(14)11-25)27-19(29)20-26-8-18(32-20)16-6-12(21(22,23)24)2-5-17(16)31-15-3-4-15/h2,5-6,8,13-15H,3-4,7,9-10H2,1H3,(H,27,29)/t13-,14?/m1/s1. The first-order valence-corrected chi connectivity index (χ1v) is 10.1. The normalized spacial score (nSPS) is 20.8. The maximum Gasteiger partial charge on any atom is 0.416 e. The van der Waals surface area contributed by atoms with Gasteiger partial charge in [-0.2, -0.15) is 18.4 Å². The predicted molar refractivity (Wildman–Crippen MR) is 104 cm³/mol. The smallest absolute Gasteiger partial charge is 0.416 e. The zero-order chi connectivity index (χ0) is 22.9. The van der Waals surface area contributed by atoms with Crippen LogP contribution in [0.3, 0.4) is 0 Å². The number of nitrogens with zero attached hydrogens (tertiary/aromatic N) is 3. The van der Waals surface area contributed by atoms with Gasteiger partial charge in [0.2, 0.25) is 0 Å². The molecule has 0 spiro atoms. The van der Waals surface area contributed by atoms with E-state index in [1.54, 1.807) is 0 Å². The van der Waals surface area contributed by atoms with Crippen LogP contribution in [0.5, 0.6) is 5.75 Å². The number of nitrogens with one attached hydrogen (secondary N) is 1. The Labute approximate surface area is 181 Å². The van der Waals surface area contributed by atoms with Crippen LogP contribution < -0.4 is 10.1 Å². The van der Waals surface area contributed by atoms with E-state index >= 15 is 0 Å². The van der Waals surface area contributed by atoms with Gasteiger partial charge in [0.05, 0.1) is 36.1 Å². The van der Waals surface area contributed by atoms with Gasteiger partial charge in [0, 0.05) is 19.7 Å². The van der Waals surface area contributed by atoms with Crippen LogP contribution >= 0.6 is 0 Å². The van der Waals surface area contributed by atoms with E-state index in [1.807, 2.05) is 0 Å². The van der Waals surface area contributed by atoms with Crippen LogP contribution in [0.4, 0.5) is 13.2 Å². The Kier molecular flexibility index (Phi) is 5.97. The van der Waals surface area contributed by atoms with E-state index in [0.29, 0.717) is 19.6 Å². The summed E-state index contributed by atoms with van der Waals surface area (Å²) in [7, 11) is 1.53. The minimum absolute atomic E-state index is 0.000710. The number of hydrogen-bond donors (Lipinski definition) is 1. The number of likely N-dealkylation sites (tertiary alicyclic amines) is 1. The van der Waals surface area contributed by atoms with Crippen LogP contribution in [-0.2, 0) is 10.9 Å². The summed E-state index contributed by atoms with van der Waals surface area (Å²) in [5.41, 5.74) is -0.778. The lowest BCUT2D eigenvalue weighted by molar-refractivity contribution is -0.137. The summed E-state index contributed by atoms with van der Waals surface area (Å²) in [4.78, 5) is 18.1. The van der Waals surface area contributed by atoms with Crippen LogP contribution in [0.1, 0.15) is 35.5 Å². The number of halogens is 3. The largest absolute Gasteiger partial charge is 0.490 e. The number of benzene rings is 1. The fraction of sp³-hybridized carbons (Fsp3) is 0.476. The molecule has 1 aliphatic heterocycles. The highest BCUT2D eigenvalue weighted by Crippen LogP contribution is 2.39. The second kappa shape index (κ2) is 8.70. The van der Waals surface area contributed by atoms with Gasteiger partial charge in [-0.05, 0) is 37.5 Å². The van der Waals surface area contributed by atoms with Gasteiger partial charge in [0.15, 0.2) is 12.0 Å². The second-order valence-electron chi connectivity index (χ2n) is 7.82. The van der Waals surface area contributed by atoms with Crippen molar-refractivity contribution in [2.45, 2.75) is 43.6 Å². The molecule has 1 aliphatic carbocycles. The lowest BCUT2D eigenvalue weighted by atomic mass is 10.1. The summed E-state index contributed by atoms with van der Waals surface area (Å²) >= 11 is 0. The van der Waals surface area contributed by atoms with Crippen molar-refractivity contribution in [1.29, 1.82) is 5.26 Å². The molecular formula is C21H21F3N4O4. The van der Waals surface area contributed by atoms with E-state index in [0.717, 1.165) is 25.0 Å². The van der Waals surface area contributed by atoms with Gasteiger partial charge in [0.1, 0.15) is 5.75 Å². The molecule has 0 radical (unpaired) electrons. The fourth-order valence-corrected chi connectivity index (χ4v) is 3.61. The first kappa shape index (κ1) is 22.0. The van der Waals surface area contributed by atoms with Gasteiger partial charge in [-0.15, -0.1) is 0 Å². The molecule has 2 aliphatic rings. The quantitative estimate of drug-likeness (QED) is 0.647. The zero-order valence-corrected chi connectivity index (χ0v) is 17.2. The molecular weight excluding hydrogens is 429 g/mol. The summed E-state index contributed by atoms with van der Waals surface area (Å²) in [5.74, 6) is -0.659. The van der Waals surface area contributed by atoms with Crippen LogP contribution in [0, 0.1) is 11.5 Å². The fourth-order valence-electron chi connectivity index (χ4n) is 3.61. The molecule has 2 fully saturated rings. The topological polar surface area (TPSA) is 101 Å². The Balaban J connectivity index is 1.52. The molecule has 2 atom stereocenters. The summed E-state index contributed by atoms with van der Waals surface area (Å²) < 4.78 is 55.9. The van der Waals surface area contributed by atoms with Crippen molar-refractivity contribution in [3.63, 3.8) is 0 Å². The van der Waals surface area contributed by atoms with E-state index in [1.165, 1.54) is 24.3 Å². The number of methoxy groups -OCH3 is 1. The highest BCUT2D eigenvalue weighted by molar-refractivity contribution is 5.90. The Morgan fingerprint density at radius 1 is 1.41 bits per heavy atom. The van der Waals surface area contributed by atoms with Gasteiger partial charge in [-0.1, -0.05) is 0 Å². The lowest BCUT2D eigenvalue weighted by Gasteiger charge is -2.15. The third-order valence-electron chi connectivity index (χ3n) is 5.33. The average Bonchev–Trinajstić information content (AvgIpc) is 3.27. The first-order chi connectivity index (χ1) is 15.3. The molecule has 1 aromatic carbocycles. The number of nitriles is 1. The number of carbonyl (C=O) groups is 1. The predicted octanol–water partition coefficient (Wildman–Crippen LogP) is 3.20. The number of carbonyl (C=O) groups excluding carboxylic acids is 1. The molecule has 1 aromatic heterocycles. The van der Waals surface area contributed by atoms with Crippen molar-refractivity contribution in [3.05, 3.63) is 35.9 Å². The third-order valence-corrected chi connectivity index (χ3v) is 5.33. The van der Waals surface area contributed by atoms with Gasteiger partial charge >= 0.3 is 12.1 Å². The van der Waals surface area contributed by atoms with Crippen LogP contribution in [-0.4, -0.2) is 54.2 Å². The molecule has 1 saturated heterocycles. The van der Waals surface area contributed by atoms with E-state index in [9.17, 15) is 23.2 Å². The Hall–Kier alpha value is -3.26. The summed E-state index contributed by atoms with van der Waals surface area (Å²) in [6.07, 6.45) is 0.856. The maximum atomic E-state index is 13.2. The lowest BCUT2D eigenvalue weighted by Crippen LogP contribution is -2.36. The minimum atomic E-state index is -4.54. The van der Waals surface area contributed by atoms with Gasteiger partial charge in [0.25, 0.3) is 5.89 Å². The molecule has 2 aromatic rings. The summed E-state index contributed by atoms with van der Waals surface area (Å²) in [6.45, 7) is 0.666. The Morgan fingerprint density at radius 2 is 2.19 bits per heavy atom. The van der Waals surface area contributed by atoms with Gasteiger partial charge in [-0.3, -0.25) is 4.79 Å². The molecule has 32 heavy (non-hydrogen) atoms. The Bertz CT molecular complexity index is 1030. The molecule has 8 nitrogen and oxygen atoms in total. The third kappa shape index (κ3) is 4.80. The van der Waals surface area contributed by atoms with Crippen molar-refractivity contribution >= 4 is 5.91 Å². The monoisotopic (exact) mass is 450 g/mol. The summed E-state index contributed by atoms with van der Waals surface area (Å²) in [5, 5.41) is 12.0. The first-order valence-electron chi connectivity index (χ1n) is 10.1. The van der Waals surface area contributed by atoms with Crippen molar-refractivity contribution in [3.8, 4) is 23.3 Å². The summed E-state index contributed by atoms with van der Waals surface area (Å²) in [6, 6.07) is 2.66. The number of aromatic nitrogens is 1. The van der Waals surface area contributed by atoms with Crippen LogP contribution in [0.25, 0.3) is 11.3 Å². The highest BCUT2D eigenvalue weighted by Gasteiger charge is 2.35. The molecule has 4 rings (SSSR count). The van der Waals surface area contributed by atoms with E-state index in [-0.39, 0.29) is 41.2 Å². The van der Waals surface area contributed by atoms with Crippen LogP contribution in [0.15, 0.2) is 28.8 Å². The molecule has 11 heteroatoms. The number of ether oxygens (including phenoxy) is 2. The number of amides is 1.